The quantitative estimate of drug-likeness (QED) is 0.846. The van der Waals surface area contributed by atoms with Gasteiger partial charge in [-0.15, -0.1) is 11.3 Å². The molecule has 0 spiro atoms. The largest absolute Gasteiger partial charge is 0.327 e. The number of carbonyl (C=O) groups is 1. The normalized spacial score (nSPS) is 17.2. The Morgan fingerprint density at radius 2 is 2.35 bits per heavy atom. The fourth-order valence-corrected chi connectivity index (χ4v) is 2.34. The molecule has 1 amide bonds. The summed E-state index contributed by atoms with van der Waals surface area (Å²) >= 11 is 1.50. The second-order valence-corrected chi connectivity index (χ2v) is 5.87. The van der Waals surface area contributed by atoms with Crippen LogP contribution in [0.5, 0.6) is 0 Å². The number of hydrogen-bond donors (Lipinski definition) is 2. The Balaban J connectivity index is 1.84. The standard InChI is InChI=1S/C12H19N3OS/c1-7(2)9(13)5-11(16)15-12-14-10(6-17-12)8-3-4-8/h6-9H,3-5,13H2,1-2H3,(H,14,15,16). The Kier molecular flexibility index (Phi) is 3.79. The SMILES string of the molecule is CC(C)C(N)CC(=O)Nc1nc(C2CC2)cs1. The zero-order valence-electron chi connectivity index (χ0n) is 10.3. The lowest BCUT2D eigenvalue weighted by Crippen LogP contribution is -2.31. The molecule has 1 saturated carbocycles. The van der Waals surface area contributed by atoms with Crippen molar-refractivity contribution in [1.82, 2.24) is 4.98 Å². The molecule has 1 heterocycles. The van der Waals surface area contributed by atoms with Gasteiger partial charge < -0.3 is 11.1 Å². The summed E-state index contributed by atoms with van der Waals surface area (Å²) in [6, 6.07) is -0.0853. The number of nitrogens with one attached hydrogen (secondary N) is 1. The van der Waals surface area contributed by atoms with Gasteiger partial charge in [-0.2, -0.15) is 0 Å². The van der Waals surface area contributed by atoms with Gasteiger partial charge in [-0.25, -0.2) is 4.98 Å². The molecular weight excluding hydrogens is 234 g/mol. The first kappa shape index (κ1) is 12.5. The van der Waals surface area contributed by atoms with Crippen LogP contribution in [0.4, 0.5) is 5.13 Å². The number of rotatable bonds is 5. The van der Waals surface area contributed by atoms with E-state index in [4.69, 9.17) is 5.73 Å². The lowest BCUT2D eigenvalue weighted by Gasteiger charge is -2.14. The zero-order chi connectivity index (χ0) is 12.4. The highest BCUT2D eigenvalue weighted by atomic mass is 32.1. The number of hydrogen-bond acceptors (Lipinski definition) is 4. The molecule has 4 nitrogen and oxygen atoms in total. The van der Waals surface area contributed by atoms with E-state index in [1.54, 1.807) is 0 Å². The first-order valence-corrected chi connectivity index (χ1v) is 6.95. The summed E-state index contributed by atoms with van der Waals surface area (Å²) in [5.74, 6) is 0.914. The molecule has 1 aliphatic rings. The molecule has 2 rings (SSSR count). The molecule has 0 aliphatic heterocycles. The first-order chi connectivity index (χ1) is 8.06. The van der Waals surface area contributed by atoms with Crippen LogP contribution in [0.1, 0.15) is 44.7 Å². The van der Waals surface area contributed by atoms with E-state index in [1.165, 1.54) is 24.2 Å². The number of aromatic nitrogens is 1. The molecule has 0 aromatic carbocycles. The predicted molar refractivity (Wildman–Crippen MR) is 70.1 cm³/mol. The Morgan fingerprint density at radius 3 is 2.94 bits per heavy atom. The second-order valence-electron chi connectivity index (χ2n) is 5.01. The maximum absolute atomic E-state index is 11.7. The van der Waals surface area contributed by atoms with Crippen molar-refractivity contribution >= 4 is 22.4 Å². The van der Waals surface area contributed by atoms with Crippen LogP contribution in [0.25, 0.3) is 0 Å². The smallest absolute Gasteiger partial charge is 0.227 e. The van der Waals surface area contributed by atoms with Gasteiger partial charge in [0, 0.05) is 23.8 Å². The summed E-state index contributed by atoms with van der Waals surface area (Å²) in [7, 11) is 0. The van der Waals surface area contributed by atoms with Crippen LogP contribution in [0.3, 0.4) is 0 Å². The number of nitrogens with zero attached hydrogens (tertiary/aromatic N) is 1. The number of anilines is 1. The van der Waals surface area contributed by atoms with Gasteiger partial charge in [0.15, 0.2) is 5.13 Å². The summed E-state index contributed by atoms with van der Waals surface area (Å²) in [6.07, 6.45) is 2.82. The fourth-order valence-electron chi connectivity index (χ4n) is 1.53. The van der Waals surface area contributed by atoms with Crippen molar-refractivity contribution < 1.29 is 4.79 Å². The molecule has 17 heavy (non-hydrogen) atoms. The van der Waals surface area contributed by atoms with E-state index in [0.29, 0.717) is 23.4 Å². The van der Waals surface area contributed by atoms with Crippen molar-refractivity contribution in [3.05, 3.63) is 11.1 Å². The molecule has 5 heteroatoms. The summed E-state index contributed by atoms with van der Waals surface area (Å²) in [5.41, 5.74) is 6.98. The van der Waals surface area contributed by atoms with Gasteiger partial charge in [0.05, 0.1) is 5.69 Å². The summed E-state index contributed by atoms with van der Waals surface area (Å²) in [4.78, 5) is 16.1. The minimum Gasteiger partial charge on any atom is -0.327 e. The van der Waals surface area contributed by atoms with E-state index in [-0.39, 0.29) is 11.9 Å². The van der Waals surface area contributed by atoms with Crippen LogP contribution < -0.4 is 11.1 Å². The summed E-state index contributed by atoms with van der Waals surface area (Å²) < 4.78 is 0. The Morgan fingerprint density at radius 1 is 1.65 bits per heavy atom. The zero-order valence-corrected chi connectivity index (χ0v) is 11.1. The number of thiazole rings is 1. The highest BCUT2D eigenvalue weighted by molar-refractivity contribution is 7.13. The molecule has 0 radical (unpaired) electrons. The number of nitrogens with two attached hydrogens (primary N) is 1. The average molecular weight is 253 g/mol. The molecule has 0 saturated heterocycles. The first-order valence-electron chi connectivity index (χ1n) is 6.07. The minimum absolute atomic E-state index is 0.0390. The molecule has 3 N–H and O–H groups in total. The van der Waals surface area contributed by atoms with Crippen LogP contribution in [0.2, 0.25) is 0 Å². The summed E-state index contributed by atoms with van der Waals surface area (Å²) in [6.45, 7) is 4.04. The number of carbonyl (C=O) groups excluding carboxylic acids is 1. The fraction of sp³-hybridized carbons (Fsp3) is 0.667. The Labute approximate surface area is 106 Å². The lowest BCUT2D eigenvalue weighted by molar-refractivity contribution is -0.116. The molecule has 1 fully saturated rings. The van der Waals surface area contributed by atoms with Gasteiger partial charge in [-0.1, -0.05) is 13.8 Å². The van der Waals surface area contributed by atoms with E-state index < -0.39 is 0 Å². The maximum atomic E-state index is 11.7. The third-order valence-electron chi connectivity index (χ3n) is 3.04. The van der Waals surface area contributed by atoms with Gasteiger partial charge in [-0.3, -0.25) is 4.79 Å². The van der Waals surface area contributed by atoms with Crippen molar-refractivity contribution in [3.8, 4) is 0 Å². The second kappa shape index (κ2) is 5.14. The average Bonchev–Trinajstić information content (AvgIpc) is 3.00. The van der Waals surface area contributed by atoms with Gasteiger partial charge in [-0.05, 0) is 18.8 Å². The van der Waals surface area contributed by atoms with E-state index in [0.717, 1.165) is 5.69 Å². The topological polar surface area (TPSA) is 68.0 Å². The minimum atomic E-state index is -0.0853. The maximum Gasteiger partial charge on any atom is 0.227 e. The molecule has 1 atom stereocenters. The van der Waals surface area contributed by atoms with E-state index >= 15 is 0 Å². The Bertz CT molecular complexity index is 398. The van der Waals surface area contributed by atoms with Gasteiger partial charge in [0.2, 0.25) is 5.91 Å². The van der Waals surface area contributed by atoms with Crippen LogP contribution >= 0.6 is 11.3 Å². The van der Waals surface area contributed by atoms with E-state index in [9.17, 15) is 4.79 Å². The van der Waals surface area contributed by atoms with Crippen LogP contribution in [0, 0.1) is 5.92 Å². The van der Waals surface area contributed by atoms with Crippen molar-refractivity contribution in [2.75, 3.05) is 5.32 Å². The highest BCUT2D eigenvalue weighted by Crippen LogP contribution is 2.40. The third-order valence-corrected chi connectivity index (χ3v) is 3.82. The molecular formula is C12H19N3OS. The van der Waals surface area contributed by atoms with E-state index in [2.05, 4.69) is 10.3 Å². The molecule has 1 aliphatic carbocycles. The van der Waals surface area contributed by atoms with Gasteiger partial charge in [0.25, 0.3) is 0 Å². The third kappa shape index (κ3) is 3.51. The van der Waals surface area contributed by atoms with Gasteiger partial charge in [0.1, 0.15) is 0 Å². The molecule has 1 aromatic rings. The van der Waals surface area contributed by atoms with Crippen LogP contribution in [-0.2, 0) is 4.79 Å². The van der Waals surface area contributed by atoms with Crippen LogP contribution in [0.15, 0.2) is 5.38 Å². The van der Waals surface area contributed by atoms with Crippen LogP contribution in [-0.4, -0.2) is 16.9 Å². The Hall–Kier alpha value is -0.940. The lowest BCUT2D eigenvalue weighted by atomic mass is 10.0. The summed E-state index contributed by atoms with van der Waals surface area (Å²) in [5, 5.41) is 5.56. The predicted octanol–water partition coefficient (Wildman–Crippen LogP) is 2.33. The van der Waals surface area contributed by atoms with Crippen molar-refractivity contribution in [3.63, 3.8) is 0 Å². The monoisotopic (exact) mass is 253 g/mol. The van der Waals surface area contributed by atoms with Crippen molar-refractivity contribution in [2.45, 2.75) is 45.1 Å². The van der Waals surface area contributed by atoms with Crippen molar-refractivity contribution in [2.24, 2.45) is 11.7 Å². The molecule has 0 bridgehead atoms. The highest BCUT2D eigenvalue weighted by Gasteiger charge is 2.26. The van der Waals surface area contributed by atoms with Gasteiger partial charge >= 0.3 is 0 Å². The van der Waals surface area contributed by atoms with E-state index in [1.807, 2.05) is 19.2 Å². The molecule has 94 valence electrons. The van der Waals surface area contributed by atoms with Crippen molar-refractivity contribution in [1.29, 1.82) is 0 Å². The molecule has 1 aromatic heterocycles. The molecule has 1 unspecified atom stereocenters. The number of amides is 1.